The molecule has 1 saturated carbocycles. The minimum Gasteiger partial charge on any atom is -0.497 e. The number of fused-ring (bicyclic) bond motifs is 1. The number of alkyl carbamates (subject to hydrolysis) is 1. The van der Waals surface area contributed by atoms with Crippen LogP contribution in [0, 0.1) is 22.8 Å². The lowest BCUT2D eigenvalue weighted by Gasteiger charge is -2.35. The van der Waals surface area contributed by atoms with Crippen LogP contribution < -0.4 is 25.4 Å². The van der Waals surface area contributed by atoms with Gasteiger partial charge >= 0.3 is 6.09 Å². The van der Waals surface area contributed by atoms with Crippen LogP contribution >= 0.6 is 0 Å². The Labute approximate surface area is 291 Å². The molecular weight excluding hydrogens is 640 g/mol. The third kappa shape index (κ3) is 8.42. The number of hydrogen-bond donors (Lipinski definition) is 3. The molecule has 5 rings (SSSR count). The van der Waals surface area contributed by atoms with Gasteiger partial charge in [-0.1, -0.05) is 51.1 Å². The molecule has 1 saturated heterocycles. The first kappa shape index (κ1) is 35.9. The fourth-order valence-electron chi connectivity index (χ4n) is 6.02. The Kier molecular flexibility index (Phi) is 10.2. The number of hydrogen-bond acceptors (Lipinski definition) is 9. The number of carbonyl (C=O) groups excluding carboxylic acids is 4. The maximum atomic E-state index is 14.4. The standard InChI is InChI=1S/C37H44N6O7/c1-36(2,3)31(42-35(47)50-37(4,5)6)34(46)43-19-23(16-29(43)33(45)41-28-17-25(28)32(44)39-20-38)49-30-18-26(21-11-9-8-10-12-21)40-27-15-22(48-7)13-14-24(27)30/h8-15,18,23,25,28-29,31H,16-17,19H2,1-7H3,(H,39,44)(H,41,45)(H,42,47)/t23-,25+,28?,29?,31-/m1/s1. The predicted molar refractivity (Wildman–Crippen MR) is 185 cm³/mol. The van der Waals surface area contributed by atoms with E-state index in [2.05, 4.69) is 16.0 Å². The van der Waals surface area contributed by atoms with Crippen molar-refractivity contribution in [3.8, 4) is 28.9 Å². The summed E-state index contributed by atoms with van der Waals surface area (Å²) in [5, 5.41) is 17.3. The van der Waals surface area contributed by atoms with E-state index in [4.69, 9.17) is 24.5 Å². The summed E-state index contributed by atoms with van der Waals surface area (Å²) in [6.45, 7) is 10.7. The van der Waals surface area contributed by atoms with Gasteiger partial charge < -0.3 is 29.7 Å². The Balaban J connectivity index is 1.46. The first-order valence-electron chi connectivity index (χ1n) is 16.6. The lowest BCUT2D eigenvalue weighted by molar-refractivity contribution is -0.142. The summed E-state index contributed by atoms with van der Waals surface area (Å²) >= 11 is 0. The molecule has 1 aliphatic carbocycles. The predicted octanol–water partition coefficient (Wildman–Crippen LogP) is 4.30. The number of benzene rings is 2. The maximum Gasteiger partial charge on any atom is 0.408 e. The van der Waals surface area contributed by atoms with Crippen LogP contribution in [-0.2, 0) is 19.1 Å². The molecule has 13 heteroatoms. The molecule has 5 atom stereocenters. The number of nitriles is 1. The summed E-state index contributed by atoms with van der Waals surface area (Å²) in [5.41, 5.74) is 0.648. The van der Waals surface area contributed by atoms with Crippen LogP contribution in [0.4, 0.5) is 4.79 Å². The van der Waals surface area contributed by atoms with Crippen molar-refractivity contribution >= 4 is 34.7 Å². The van der Waals surface area contributed by atoms with Crippen molar-refractivity contribution in [2.24, 2.45) is 11.3 Å². The molecule has 4 amide bonds. The second-order valence-electron chi connectivity index (χ2n) is 14.7. The zero-order valence-corrected chi connectivity index (χ0v) is 29.4. The van der Waals surface area contributed by atoms with Crippen LogP contribution in [0.5, 0.6) is 11.5 Å². The van der Waals surface area contributed by atoms with E-state index < -0.39 is 65.0 Å². The van der Waals surface area contributed by atoms with E-state index >= 15 is 0 Å². The molecule has 2 fully saturated rings. The summed E-state index contributed by atoms with van der Waals surface area (Å²) in [5.74, 6) is -0.792. The molecule has 13 nitrogen and oxygen atoms in total. The van der Waals surface area contributed by atoms with Crippen LogP contribution in [0.15, 0.2) is 54.6 Å². The highest BCUT2D eigenvalue weighted by atomic mass is 16.6. The van der Waals surface area contributed by atoms with E-state index in [-0.39, 0.29) is 13.0 Å². The number of ether oxygens (including phenoxy) is 3. The van der Waals surface area contributed by atoms with Gasteiger partial charge in [-0.25, -0.2) is 9.78 Å². The number of aromatic nitrogens is 1. The molecule has 0 bridgehead atoms. The monoisotopic (exact) mass is 684 g/mol. The van der Waals surface area contributed by atoms with Crippen LogP contribution in [0.1, 0.15) is 54.4 Å². The van der Waals surface area contributed by atoms with Gasteiger partial charge in [0.25, 0.3) is 0 Å². The number of nitrogens with one attached hydrogen (secondary N) is 3. The van der Waals surface area contributed by atoms with Crippen molar-refractivity contribution in [1.82, 2.24) is 25.8 Å². The summed E-state index contributed by atoms with van der Waals surface area (Å²) < 4.78 is 17.6. The van der Waals surface area contributed by atoms with Crippen molar-refractivity contribution in [2.75, 3.05) is 13.7 Å². The number of nitrogens with zero attached hydrogens (tertiary/aromatic N) is 3. The minimum atomic E-state index is -1.04. The lowest BCUT2D eigenvalue weighted by Crippen LogP contribution is -2.58. The van der Waals surface area contributed by atoms with Gasteiger partial charge in [0.05, 0.1) is 30.8 Å². The van der Waals surface area contributed by atoms with E-state index in [0.717, 1.165) is 10.9 Å². The molecule has 264 valence electrons. The Hall–Kier alpha value is -5.38. The SMILES string of the molecule is COc1ccc2c(O[C@@H]3CC(C(=O)NC4C[C@@H]4C(=O)NC#N)N(C(=O)[C@@H](NC(=O)OC(C)(C)C)C(C)(C)C)C3)cc(-c3ccccc3)nc2c1. The molecule has 2 aromatic carbocycles. The Morgan fingerprint density at radius 1 is 0.980 bits per heavy atom. The molecule has 50 heavy (non-hydrogen) atoms. The van der Waals surface area contributed by atoms with Gasteiger partial charge in [0.15, 0.2) is 6.19 Å². The van der Waals surface area contributed by atoms with Crippen LogP contribution in [0.25, 0.3) is 22.2 Å². The second-order valence-corrected chi connectivity index (χ2v) is 14.7. The van der Waals surface area contributed by atoms with Crippen molar-refractivity contribution in [2.45, 2.75) is 84.2 Å². The first-order valence-corrected chi connectivity index (χ1v) is 16.6. The molecule has 3 N–H and O–H groups in total. The Morgan fingerprint density at radius 3 is 2.34 bits per heavy atom. The van der Waals surface area contributed by atoms with E-state index in [1.165, 1.54) is 4.90 Å². The van der Waals surface area contributed by atoms with E-state index in [0.29, 0.717) is 29.1 Å². The van der Waals surface area contributed by atoms with Crippen LogP contribution in [-0.4, -0.2) is 77.2 Å². The molecule has 3 aromatic rings. The summed E-state index contributed by atoms with van der Waals surface area (Å²) in [7, 11) is 1.58. The molecule has 1 aliphatic heterocycles. The molecule has 2 heterocycles. The summed E-state index contributed by atoms with van der Waals surface area (Å²) in [4.78, 5) is 59.6. The van der Waals surface area contributed by atoms with Crippen molar-refractivity contribution < 1.29 is 33.4 Å². The number of amides is 4. The van der Waals surface area contributed by atoms with E-state index in [9.17, 15) is 19.2 Å². The third-order valence-electron chi connectivity index (χ3n) is 8.60. The van der Waals surface area contributed by atoms with Gasteiger partial charge in [-0.15, -0.1) is 0 Å². The largest absolute Gasteiger partial charge is 0.497 e. The number of methoxy groups -OCH3 is 1. The van der Waals surface area contributed by atoms with Crippen LogP contribution in [0.3, 0.4) is 0 Å². The molecule has 2 aliphatic rings. The normalized spacial score (nSPS) is 20.6. The van der Waals surface area contributed by atoms with Gasteiger partial charge in [0.2, 0.25) is 17.7 Å². The number of likely N-dealkylation sites (tertiary alicyclic amines) is 1. The fourth-order valence-corrected chi connectivity index (χ4v) is 6.02. The van der Waals surface area contributed by atoms with Crippen molar-refractivity contribution in [1.29, 1.82) is 5.26 Å². The third-order valence-corrected chi connectivity index (χ3v) is 8.60. The van der Waals surface area contributed by atoms with Gasteiger partial charge in [-0.05, 0) is 44.7 Å². The fraction of sp³-hybridized carbons (Fsp3) is 0.459. The zero-order valence-electron chi connectivity index (χ0n) is 29.4. The van der Waals surface area contributed by atoms with Gasteiger partial charge in [-0.2, -0.15) is 5.26 Å². The van der Waals surface area contributed by atoms with Crippen molar-refractivity contribution in [3.63, 3.8) is 0 Å². The zero-order chi connectivity index (χ0) is 36.4. The van der Waals surface area contributed by atoms with Gasteiger partial charge in [0, 0.05) is 35.5 Å². The first-order chi connectivity index (χ1) is 23.6. The van der Waals surface area contributed by atoms with Crippen molar-refractivity contribution in [3.05, 3.63) is 54.6 Å². The average Bonchev–Trinajstić information content (AvgIpc) is 3.69. The van der Waals surface area contributed by atoms with E-state index in [1.54, 1.807) is 34.1 Å². The molecule has 0 spiro atoms. The molecule has 0 radical (unpaired) electrons. The topological polar surface area (TPSA) is 172 Å². The highest BCUT2D eigenvalue weighted by Crippen LogP contribution is 2.36. The van der Waals surface area contributed by atoms with Crippen LogP contribution in [0.2, 0.25) is 0 Å². The highest BCUT2D eigenvalue weighted by Gasteiger charge is 2.49. The lowest BCUT2D eigenvalue weighted by atomic mass is 9.85. The van der Waals surface area contributed by atoms with E-state index in [1.807, 2.05) is 75.4 Å². The molecule has 1 aromatic heterocycles. The quantitative estimate of drug-likeness (QED) is 0.220. The maximum absolute atomic E-state index is 14.4. The number of pyridine rings is 1. The Morgan fingerprint density at radius 2 is 1.70 bits per heavy atom. The Bertz CT molecular complexity index is 1810. The number of rotatable bonds is 9. The van der Waals surface area contributed by atoms with Gasteiger partial charge in [0.1, 0.15) is 35.3 Å². The molecule has 2 unspecified atom stereocenters. The summed E-state index contributed by atoms with van der Waals surface area (Å²) in [6.07, 6.45) is 0.762. The number of carbonyl (C=O) groups is 4. The highest BCUT2D eigenvalue weighted by molar-refractivity contribution is 5.94. The van der Waals surface area contributed by atoms with Gasteiger partial charge in [-0.3, -0.25) is 19.7 Å². The molecular formula is C37H44N6O7. The minimum absolute atomic E-state index is 0.0448. The average molecular weight is 685 g/mol. The second kappa shape index (κ2) is 14.2. The smallest absolute Gasteiger partial charge is 0.408 e. The summed E-state index contributed by atoms with van der Waals surface area (Å²) in [6, 6.07) is 14.5.